The minimum Gasteiger partial charge on any atom is -0.478 e. The van der Waals surface area contributed by atoms with Crippen molar-refractivity contribution in [3.8, 4) is 23.0 Å². The normalized spacial score (nSPS) is 11.5. The quantitative estimate of drug-likeness (QED) is 0.255. The molecule has 35 heavy (non-hydrogen) atoms. The first-order valence-corrected chi connectivity index (χ1v) is 10.8. The lowest BCUT2D eigenvalue weighted by atomic mass is 9.93. The molecule has 0 aliphatic rings. The summed E-state index contributed by atoms with van der Waals surface area (Å²) in [6, 6.07) is 26.4. The Kier molecular flexibility index (Phi) is 6.69. The fourth-order valence-corrected chi connectivity index (χ4v) is 3.60. The van der Waals surface area contributed by atoms with Crippen LogP contribution in [0.25, 0.3) is 0 Å². The van der Waals surface area contributed by atoms with Gasteiger partial charge in [-0.25, -0.2) is 9.59 Å². The maximum absolute atomic E-state index is 11.4. The van der Waals surface area contributed by atoms with E-state index in [0.29, 0.717) is 17.2 Å². The van der Waals surface area contributed by atoms with Gasteiger partial charge >= 0.3 is 11.9 Å². The van der Waals surface area contributed by atoms with Crippen molar-refractivity contribution in [1.29, 1.82) is 0 Å². The van der Waals surface area contributed by atoms with E-state index in [0.717, 1.165) is 16.9 Å². The van der Waals surface area contributed by atoms with Gasteiger partial charge in [-0.2, -0.15) is 0 Å². The molecule has 0 radical (unpaired) electrons. The highest BCUT2D eigenvalue weighted by Crippen LogP contribution is 2.30. The second-order valence-corrected chi connectivity index (χ2v) is 7.95. The largest absolute Gasteiger partial charge is 0.478 e. The maximum atomic E-state index is 11.4. The SMILES string of the molecule is CC(c1ccc(Oc2ccc(N)cc2)cc1)c1ccc(Oc2ccc(C(=O)O)c(C(=O)O)c2)cc1. The summed E-state index contributed by atoms with van der Waals surface area (Å²) in [5.41, 5.74) is 7.94. The number of anilines is 1. The van der Waals surface area contributed by atoms with Crippen molar-refractivity contribution in [3.05, 3.63) is 113 Å². The van der Waals surface area contributed by atoms with Crippen molar-refractivity contribution in [2.75, 3.05) is 5.73 Å². The number of rotatable bonds is 8. The molecule has 0 amide bonds. The average Bonchev–Trinajstić information content (AvgIpc) is 2.86. The average molecular weight is 469 g/mol. The Morgan fingerprint density at radius 1 is 0.629 bits per heavy atom. The van der Waals surface area contributed by atoms with Crippen LogP contribution in [0.3, 0.4) is 0 Å². The summed E-state index contributed by atoms with van der Waals surface area (Å²) in [6.45, 7) is 2.09. The molecule has 4 N–H and O–H groups in total. The van der Waals surface area contributed by atoms with Gasteiger partial charge in [0.2, 0.25) is 0 Å². The van der Waals surface area contributed by atoms with Crippen LogP contribution in [0.2, 0.25) is 0 Å². The van der Waals surface area contributed by atoms with Crippen molar-refractivity contribution >= 4 is 17.6 Å². The third kappa shape index (κ3) is 5.59. The van der Waals surface area contributed by atoms with Crippen LogP contribution in [0.1, 0.15) is 44.7 Å². The highest BCUT2D eigenvalue weighted by Gasteiger charge is 2.17. The van der Waals surface area contributed by atoms with Gasteiger partial charge in [0.25, 0.3) is 0 Å². The Morgan fingerprint density at radius 2 is 1.03 bits per heavy atom. The third-order valence-corrected chi connectivity index (χ3v) is 5.56. The molecule has 0 saturated heterocycles. The summed E-state index contributed by atoms with van der Waals surface area (Å²) in [7, 11) is 0. The number of ether oxygens (including phenoxy) is 2. The molecule has 1 atom stereocenters. The molecule has 4 aromatic carbocycles. The highest BCUT2D eigenvalue weighted by atomic mass is 16.5. The van der Waals surface area contributed by atoms with Gasteiger partial charge < -0.3 is 25.4 Å². The Balaban J connectivity index is 1.44. The van der Waals surface area contributed by atoms with Crippen molar-refractivity contribution in [3.63, 3.8) is 0 Å². The highest BCUT2D eigenvalue weighted by molar-refractivity contribution is 6.02. The van der Waals surface area contributed by atoms with E-state index in [1.165, 1.54) is 18.2 Å². The van der Waals surface area contributed by atoms with Gasteiger partial charge in [0.05, 0.1) is 11.1 Å². The number of aromatic carboxylic acids is 2. The van der Waals surface area contributed by atoms with Crippen molar-refractivity contribution in [1.82, 2.24) is 0 Å². The first-order chi connectivity index (χ1) is 16.8. The monoisotopic (exact) mass is 469 g/mol. The molecule has 4 rings (SSSR count). The lowest BCUT2D eigenvalue weighted by molar-refractivity contribution is 0.0651. The maximum Gasteiger partial charge on any atom is 0.336 e. The van der Waals surface area contributed by atoms with Crippen molar-refractivity contribution in [2.45, 2.75) is 12.8 Å². The van der Waals surface area contributed by atoms with Gasteiger partial charge in [0.1, 0.15) is 23.0 Å². The number of benzene rings is 4. The number of nitrogen functional groups attached to an aromatic ring is 1. The van der Waals surface area contributed by atoms with Crippen LogP contribution in [-0.2, 0) is 0 Å². The minimum atomic E-state index is -1.33. The van der Waals surface area contributed by atoms with Crippen LogP contribution in [0.15, 0.2) is 91.0 Å². The Morgan fingerprint density at radius 3 is 1.49 bits per heavy atom. The zero-order chi connectivity index (χ0) is 24.9. The van der Waals surface area contributed by atoms with E-state index < -0.39 is 11.9 Å². The molecule has 0 aliphatic heterocycles. The number of carboxylic acids is 2. The topological polar surface area (TPSA) is 119 Å². The van der Waals surface area contributed by atoms with Gasteiger partial charge in [-0.05, 0) is 77.9 Å². The first kappa shape index (κ1) is 23.4. The van der Waals surface area contributed by atoms with Crippen LogP contribution < -0.4 is 15.2 Å². The van der Waals surface area contributed by atoms with E-state index in [1.807, 2.05) is 48.5 Å². The molecule has 7 nitrogen and oxygen atoms in total. The molecule has 0 aromatic heterocycles. The van der Waals surface area contributed by atoms with Crippen molar-refractivity contribution < 1.29 is 29.3 Å². The zero-order valence-electron chi connectivity index (χ0n) is 18.8. The van der Waals surface area contributed by atoms with Gasteiger partial charge in [0, 0.05) is 11.6 Å². The Bertz CT molecular complexity index is 1350. The van der Waals surface area contributed by atoms with Crippen molar-refractivity contribution in [2.24, 2.45) is 0 Å². The first-order valence-electron chi connectivity index (χ1n) is 10.8. The molecule has 0 saturated carbocycles. The van der Waals surface area contributed by atoms with E-state index in [-0.39, 0.29) is 22.8 Å². The van der Waals surface area contributed by atoms with Crippen LogP contribution in [0.5, 0.6) is 23.0 Å². The minimum absolute atomic E-state index is 0.114. The summed E-state index contributed by atoms with van der Waals surface area (Å²) < 4.78 is 11.6. The number of nitrogens with two attached hydrogens (primary N) is 1. The summed E-state index contributed by atoms with van der Waals surface area (Å²) in [5.74, 6) is -0.340. The molecule has 7 heteroatoms. The number of carboxylic acid groups (broad SMARTS) is 2. The lowest BCUT2D eigenvalue weighted by Crippen LogP contribution is -2.07. The smallest absolute Gasteiger partial charge is 0.336 e. The molecular weight excluding hydrogens is 446 g/mol. The van der Waals surface area contributed by atoms with Crippen LogP contribution in [0, 0.1) is 0 Å². The molecule has 4 aromatic rings. The van der Waals surface area contributed by atoms with E-state index in [1.54, 1.807) is 24.3 Å². The van der Waals surface area contributed by atoms with Crippen LogP contribution in [-0.4, -0.2) is 22.2 Å². The van der Waals surface area contributed by atoms with Gasteiger partial charge in [-0.3, -0.25) is 0 Å². The Labute approximate surface area is 202 Å². The summed E-state index contributed by atoms with van der Waals surface area (Å²) >= 11 is 0. The van der Waals surface area contributed by atoms with E-state index in [4.69, 9.17) is 20.3 Å². The fraction of sp³-hybridized carbons (Fsp3) is 0.0714. The fourth-order valence-electron chi connectivity index (χ4n) is 3.60. The molecular formula is C28H23NO6. The van der Waals surface area contributed by atoms with Crippen LogP contribution in [0.4, 0.5) is 5.69 Å². The van der Waals surface area contributed by atoms with Crippen LogP contribution >= 0.6 is 0 Å². The summed E-state index contributed by atoms with van der Waals surface area (Å²) in [5, 5.41) is 18.4. The van der Waals surface area contributed by atoms with E-state index in [9.17, 15) is 14.7 Å². The van der Waals surface area contributed by atoms with Gasteiger partial charge in [0.15, 0.2) is 0 Å². The third-order valence-electron chi connectivity index (χ3n) is 5.56. The molecule has 0 aliphatic carbocycles. The predicted molar refractivity (Wildman–Crippen MR) is 132 cm³/mol. The molecule has 1 unspecified atom stereocenters. The lowest BCUT2D eigenvalue weighted by Gasteiger charge is -2.15. The number of hydrogen-bond donors (Lipinski definition) is 3. The molecule has 0 bridgehead atoms. The second-order valence-electron chi connectivity index (χ2n) is 7.95. The van der Waals surface area contributed by atoms with Gasteiger partial charge in [-0.15, -0.1) is 0 Å². The molecule has 0 spiro atoms. The molecule has 0 fully saturated rings. The zero-order valence-corrected chi connectivity index (χ0v) is 18.8. The number of carbonyl (C=O) groups is 2. The standard InChI is InChI=1S/C28H23NO6/c1-17(18-2-8-21(9-3-18)34-23-12-6-20(29)7-13-23)19-4-10-22(11-5-19)35-24-14-15-25(27(30)31)26(16-24)28(32)33/h2-17H,29H2,1H3,(H,30,31)(H,32,33). The predicted octanol–water partition coefficient (Wildman–Crippen LogP) is 6.40. The molecule has 176 valence electrons. The van der Waals surface area contributed by atoms with E-state index >= 15 is 0 Å². The second kappa shape index (κ2) is 10.0. The van der Waals surface area contributed by atoms with Gasteiger partial charge in [-0.1, -0.05) is 31.2 Å². The molecule has 0 heterocycles. The summed E-state index contributed by atoms with van der Waals surface area (Å²) in [6.07, 6.45) is 0. The summed E-state index contributed by atoms with van der Waals surface area (Å²) in [4.78, 5) is 22.6. The van der Waals surface area contributed by atoms with E-state index in [2.05, 4.69) is 6.92 Å². The number of hydrogen-bond acceptors (Lipinski definition) is 5. The Hall–Kier alpha value is -4.78.